The quantitative estimate of drug-likeness (QED) is 0.531. The molecule has 0 aliphatic heterocycles. The maximum absolute atomic E-state index is 12.0. The Balaban J connectivity index is 2.39. The lowest BCUT2D eigenvalue weighted by Gasteiger charge is -2.07. The molecule has 0 aromatic carbocycles. The fourth-order valence-corrected chi connectivity index (χ4v) is 3.89. The second kappa shape index (κ2) is 8.04. The van der Waals surface area contributed by atoms with Gasteiger partial charge in [0, 0.05) is 13.2 Å². The number of unbranched alkanes of at least 4 members (excludes halogenated alkanes) is 1. The molecule has 1 heterocycles. The van der Waals surface area contributed by atoms with Crippen LogP contribution < -0.4 is 10.5 Å². The van der Waals surface area contributed by atoms with E-state index in [2.05, 4.69) is 4.72 Å². The zero-order chi connectivity index (χ0) is 15.2. The maximum atomic E-state index is 12.0. The molecule has 1 rings (SSSR count). The molecule has 0 saturated carbocycles. The third-order valence-corrected chi connectivity index (χ3v) is 5.82. The van der Waals surface area contributed by atoms with E-state index in [9.17, 15) is 8.42 Å². The molecule has 0 aliphatic rings. The average Bonchev–Trinajstić information content (AvgIpc) is 2.83. The van der Waals surface area contributed by atoms with Crippen LogP contribution in [0.5, 0.6) is 0 Å². The van der Waals surface area contributed by atoms with Crippen LogP contribution in [0, 0.1) is 0 Å². The second-order valence-corrected chi connectivity index (χ2v) is 8.02. The number of ether oxygens (including phenoxy) is 1. The van der Waals surface area contributed by atoms with Gasteiger partial charge < -0.3 is 10.5 Å². The van der Waals surface area contributed by atoms with Gasteiger partial charge in [0.2, 0.25) is 10.0 Å². The van der Waals surface area contributed by atoms with E-state index in [0.29, 0.717) is 18.0 Å². The van der Waals surface area contributed by atoms with E-state index >= 15 is 0 Å². The molecule has 1 aromatic rings. The Morgan fingerprint density at radius 1 is 1.45 bits per heavy atom. The Kier molecular flexibility index (Phi) is 7.04. The number of hydrogen-bond donors (Lipinski definition) is 2. The molecule has 0 unspecified atom stereocenters. The molecule has 114 valence electrons. The van der Waals surface area contributed by atoms with Crippen LogP contribution in [-0.4, -0.2) is 32.7 Å². The zero-order valence-electron chi connectivity index (χ0n) is 11.6. The van der Waals surface area contributed by atoms with Crippen molar-refractivity contribution in [3.05, 3.63) is 17.0 Å². The van der Waals surface area contributed by atoms with E-state index in [1.165, 1.54) is 6.07 Å². The van der Waals surface area contributed by atoms with Gasteiger partial charge in [0.1, 0.15) is 9.20 Å². The molecule has 0 atom stereocenters. The molecular formula is C12H20N2O3S3. The molecule has 0 spiro atoms. The van der Waals surface area contributed by atoms with Crippen molar-refractivity contribution >= 4 is 38.6 Å². The van der Waals surface area contributed by atoms with Crippen molar-refractivity contribution in [3.63, 3.8) is 0 Å². The SMILES string of the molecule is CC(C)OCCCCNS(=O)(=O)c1ccc(C(N)=S)s1. The number of nitrogens with one attached hydrogen (secondary N) is 1. The van der Waals surface area contributed by atoms with Gasteiger partial charge in [0.25, 0.3) is 0 Å². The molecule has 0 aliphatic carbocycles. The zero-order valence-corrected chi connectivity index (χ0v) is 14.0. The van der Waals surface area contributed by atoms with Crippen molar-refractivity contribution in [2.75, 3.05) is 13.2 Å². The fraction of sp³-hybridized carbons (Fsp3) is 0.583. The molecule has 8 heteroatoms. The van der Waals surface area contributed by atoms with Crippen molar-refractivity contribution in [2.45, 2.75) is 37.0 Å². The molecule has 0 saturated heterocycles. The minimum Gasteiger partial charge on any atom is -0.389 e. The van der Waals surface area contributed by atoms with E-state index in [1.807, 2.05) is 13.8 Å². The number of sulfonamides is 1. The first kappa shape index (κ1) is 17.5. The first-order valence-corrected chi connectivity index (χ1v) is 9.04. The normalized spacial score (nSPS) is 11.9. The van der Waals surface area contributed by atoms with Crippen molar-refractivity contribution in [1.82, 2.24) is 4.72 Å². The van der Waals surface area contributed by atoms with Gasteiger partial charge in [-0.15, -0.1) is 11.3 Å². The Hall–Kier alpha value is -0.540. The van der Waals surface area contributed by atoms with Crippen LogP contribution in [0.1, 0.15) is 31.6 Å². The predicted molar refractivity (Wildman–Crippen MR) is 85.7 cm³/mol. The van der Waals surface area contributed by atoms with Crippen LogP contribution in [-0.2, 0) is 14.8 Å². The molecule has 0 fully saturated rings. The highest BCUT2D eigenvalue weighted by molar-refractivity contribution is 7.91. The van der Waals surface area contributed by atoms with Gasteiger partial charge in [0.05, 0.1) is 11.0 Å². The molecule has 1 aromatic heterocycles. The van der Waals surface area contributed by atoms with Gasteiger partial charge in [-0.05, 0) is 38.8 Å². The largest absolute Gasteiger partial charge is 0.389 e. The van der Waals surface area contributed by atoms with Crippen LogP contribution in [0.25, 0.3) is 0 Å². The molecular weight excluding hydrogens is 316 g/mol. The van der Waals surface area contributed by atoms with Gasteiger partial charge in [-0.1, -0.05) is 12.2 Å². The Labute approximate surface area is 129 Å². The number of thiophene rings is 1. The van der Waals surface area contributed by atoms with E-state index in [0.717, 1.165) is 24.2 Å². The summed E-state index contributed by atoms with van der Waals surface area (Å²) in [6, 6.07) is 3.14. The summed E-state index contributed by atoms with van der Waals surface area (Å²) in [6.07, 6.45) is 1.76. The summed E-state index contributed by atoms with van der Waals surface area (Å²) in [5, 5.41) is 0. The Morgan fingerprint density at radius 2 is 2.15 bits per heavy atom. The highest BCUT2D eigenvalue weighted by Gasteiger charge is 2.16. The van der Waals surface area contributed by atoms with Gasteiger partial charge in [-0.25, -0.2) is 13.1 Å². The molecule has 20 heavy (non-hydrogen) atoms. The van der Waals surface area contributed by atoms with Crippen LogP contribution in [0.3, 0.4) is 0 Å². The minimum atomic E-state index is -3.46. The summed E-state index contributed by atoms with van der Waals surface area (Å²) in [4.78, 5) is 0.813. The smallest absolute Gasteiger partial charge is 0.250 e. The number of nitrogens with two attached hydrogens (primary N) is 1. The topological polar surface area (TPSA) is 81.4 Å². The predicted octanol–water partition coefficient (Wildman–Crippen LogP) is 1.87. The monoisotopic (exact) mass is 336 g/mol. The Bertz CT molecular complexity index is 538. The number of hydrogen-bond acceptors (Lipinski definition) is 5. The lowest BCUT2D eigenvalue weighted by Crippen LogP contribution is -2.24. The molecule has 0 amide bonds. The highest BCUT2D eigenvalue weighted by atomic mass is 32.2. The third kappa shape index (κ3) is 5.84. The van der Waals surface area contributed by atoms with Crippen LogP contribution in [0.15, 0.2) is 16.3 Å². The van der Waals surface area contributed by atoms with Gasteiger partial charge in [-0.3, -0.25) is 0 Å². The molecule has 0 bridgehead atoms. The van der Waals surface area contributed by atoms with Crippen LogP contribution in [0.2, 0.25) is 0 Å². The first-order chi connectivity index (χ1) is 9.33. The van der Waals surface area contributed by atoms with E-state index in [1.54, 1.807) is 6.07 Å². The molecule has 5 nitrogen and oxygen atoms in total. The lowest BCUT2D eigenvalue weighted by atomic mass is 10.3. The van der Waals surface area contributed by atoms with Crippen LogP contribution in [0.4, 0.5) is 0 Å². The van der Waals surface area contributed by atoms with Gasteiger partial charge in [-0.2, -0.15) is 0 Å². The Morgan fingerprint density at radius 3 is 2.70 bits per heavy atom. The van der Waals surface area contributed by atoms with Crippen molar-refractivity contribution in [2.24, 2.45) is 5.73 Å². The van der Waals surface area contributed by atoms with Crippen molar-refractivity contribution < 1.29 is 13.2 Å². The van der Waals surface area contributed by atoms with E-state index in [4.69, 9.17) is 22.7 Å². The number of thiocarbonyl (C=S) groups is 1. The summed E-state index contributed by atoms with van der Waals surface area (Å²) in [5.41, 5.74) is 5.46. The van der Waals surface area contributed by atoms with Crippen molar-refractivity contribution in [1.29, 1.82) is 0 Å². The van der Waals surface area contributed by atoms with Crippen LogP contribution >= 0.6 is 23.6 Å². The summed E-state index contributed by atoms with van der Waals surface area (Å²) in [6.45, 7) is 4.98. The number of rotatable bonds is 9. The molecule has 0 radical (unpaired) electrons. The van der Waals surface area contributed by atoms with Gasteiger partial charge >= 0.3 is 0 Å². The fourth-order valence-electron chi connectivity index (χ4n) is 1.42. The average molecular weight is 337 g/mol. The lowest BCUT2D eigenvalue weighted by molar-refractivity contribution is 0.0762. The molecule has 3 N–H and O–H groups in total. The van der Waals surface area contributed by atoms with Gasteiger partial charge in [0.15, 0.2) is 0 Å². The van der Waals surface area contributed by atoms with E-state index < -0.39 is 10.0 Å². The van der Waals surface area contributed by atoms with Crippen molar-refractivity contribution in [3.8, 4) is 0 Å². The van der Waals surface area contributed by atoms with E-state index in [-0.39, 0.29) is 15.3 Å². The maximum Gasteiger partial charge on any atom is 0.250 e. The third-order valence-electron chi connectivity index (χ3n) is 2.40. The highest BCUT2D eigenvalue weighted by Crippen LogP contribution is 2.21. The summed E-state index contributed by atoms with van der Waals surface area (Å²) in [7, 11) is -3.46. The second-order valence-electron chi connectivity index (χ2n) is 4.51. The standard InChI is InChI=1S/C12H20N2O3S3/c1-9(2)17-8-4-3-7-14-20(15,16)11-6-5-10(19-11)12(13)18/h5-6,9,14H,3-4,7-8H2,1-2H3,(H2,13,18). The first-order valence-electron chi connectivity index (χ1n) is 6.34. The summed E-state index contributed by atoms with van der Waals surface area (Å²) in [5.74, 6) is 0. The summed E-state index contributed by atoms with van der Waals surface area (Å²) >= 11 is 5.89. The minimum absolute atomic E-state index is 0.205. The summed E-state index contributed by atoms with van der Waals surface area (Å²) < 4.78 is 32.2.